The van der Waals surface area contributed by atoms with Crippen molar-refractivity contribution in [3.8, 4) is 45.5 Å². The third-order valence-electron chi connectivity index (χ3n) is 12.6. The number of phenolic OH excluding ortho intramolecular Hbond substituents is 4. The highest BCUT2D eigenvalue weighted by Crippen LogP contribution is 2.41. The molecule has 0 saturated heterocycles. The molecule has 60 heavy (non-hydrogen) atoms. The second-order valence-electron chi connectivity index (χ2n) is 16.3. The van der Waals surface area contributed by atoms with Gasteiger partial charge in [-0.1, -0.05) is 133 Å². The second-order valence-corrected chi connectivity index (χ2v) is 16.3. The van der Waals surface area contributed by atoms with Crippen LogP contribution in [0.25, 0.3) is 44.3 Å². The molecule has 0 amide bonds. The number of fused-ring (bicyclic) bond motifs is 8. The van der Waals surface area contributed by atoms with Gasteiger partial charge in [-0.05, 0) is 78.9 Å². The van der Waals surface area contributed by atoms with Crippen LogP contribution in [-0.4, -0.2) is 30.4 Å². The van der Waals surface area contributed by atoms with Crippen molar-refractivity contribution in [3.63, 3.8) is 0 Å². The molecule has 6 nitrogen and oxygen atoms in total. The van der Waals surface area contributed by atoms with E-state index in [1.54, 1.807) is 0 Å². The summed E-state index contributed by atoms with van der Waals surface area (Å²) >= 11 is 0. The Labute approximate surface area is 347 Å². The summed E-state index contributed by atoms with van der Waals surface area (Å²) in [6, 6.07) is 48.4. The first-order valence-corrected chi connectivity index (χ1v) is 20.5. The van der Waals surface area contributed by atoms with Crippen molar-refractivity contribution >= 4 is 21.8 Å². The molecule has 0 radical (unpaired) electrons. The molecule has 290 valence electrons. The molecule has 6 heteroatoms. The fourth-order valence-electron chi connectivity index (χ4n) is 9.55. The van der Waals surface area contributed by atoms with Gasteiger partial charge in [0.2, 0.25) is 0 Å². The molecule has 0 aliphatic carbocycles. The summed E-state index contributed by atoms with van der Waals surface area (Å²) < 4.78 is 0. The molecule has 4 N–H and O–H groups in total. The zero-order valence-corrected chi connectivity index (χ0v) is 32.8. The monoisotopic (exact) mass is 780 g/mol. The summed E-state index contributed by atoms with van der Waals surface area (Å²) in [5.74, 6) is 0.801. The summed E-state index contributed by atoms with van der Waals surface area (Å²) in [7, 11) is 0. The molecule has 14 bridgehead atoms. The van der Waals surface area contributed by atoms with Crippen molar-refractivity contribution < 1.29 is 20.4 Å². The predicted octanol–water partition coefficient (Wildman–Crippen LogP) is 11.1. The number of aromatic nitrogens is 2. The van der Waals surface area contributed by atoms with Gasteiger partial charge in [-0.3, -0.25) is 0 Å². The lowest BCUT2D eigenvalue weighted by molar-refractivity contribution is 0.456. The SMILES string of the molecule is Oc1c2cccc1Cc1cccc3c1-c1ccc4ccc5ccc(nc5c4n1)-c1c(cccc1Cc1cccc(c1O)Cc1cccc(c1O)C3)Cc1cccc(c1O)C2. The number of hydrogen-bond donors (Lipinski definition) is 4. The normalized spacial score (nSPS) is 13.2. The maximum atomic E-state index is 11.9. The molecule has 0 spiro atoms. The first-order valence-electron chi connectivity index (χ1n) is 20.5. The molecule has 7 aromatic carbocycles. The van der Waals surface area contributed by atoms with Crippen LogP contribution in [-0.2, 0) is 38.5 Å². The number of nitrogens with zero attached hydrogens (tertiary/aromatic N) is 2. The van der Waals surface area contributed by atoms with Crippen LogP contribution in [0.1, 0.15) is 66.8 Å². The second kappa shape index (κ2) is 14.1. The largest absolute Gasteiger partial charge is 0.507 e. The smallest absolute Gasteiger partial charge is 0.122 e. The van der Waals surface area contributed by atoms with Crippen LogP contribution in [0.3, 0.4) is 0 Å². The Kier molecular flexibility index (Phi) is 8.41. The molecule has 4 heterocycles. The van der Waals surface area contributed by atoms with Gasteiger partial charge in [0.05, 0.1) is 22.4 Å². The minimum Gasteiger partial charge on any atom is -0.507 e. The van der Waals surface area contributed by atoms with Gasteiger partial charge >= 0.3 is 0 Å². The van der Waals surface area contributed by atoms with E-state index in [2.05, 4.69) is 60.7 Å². The average molecular weight is 781 g/mol. The molecular weight excluding hydrogens is 741 g/mol. The Morgan fingerprint density at radius 2 is 0.483 bits per heavy atom. The van der Waals surface area contributed by atoms with Gasteiger partial charge in [-0.15, -0.1) is 0 Å². The van der Waals surface area contributed by atoms with Gasteiger partial charge in [0.25, 0.3) is 0 Å². The molecule has 9 aromatic rings. The van der Waals surface area contributed by atoms with Crippen LogP contribution < -0.4 is 0 Å². The van der Waals surface area contributed by atoms with E-state index in [0.717, 1.165) is 111 Å². The number of aromatic hydroxyl groups is 4. The third kappa shape index (κ3) is 6.03. The highest BCUT2D eigenvalue weighted by Gasteiger charge is 2.23. The average Bonchev–Trinajstić information content (AvgIpc) is 3.25. The Morgan fingerprint density at radius 3 is 0.750 bits per heavy atom. The lowest BCUT2D eigenvalue weighted by Gasteiger charge is -2.19. The molecule has 2 aliphatic heterocycles. The van der Waals surface area contributed by atoms with Crippen molar-refractivity contribution in [1.29, 1.82) is 0 Å². The summed E-state index contributed by atoms with van der Waals surface area (Å²) in [5.41, 5.74) is 14.8. The predicted molar refractivity (Wildman–Crippen MR) is 237 cm³/mol. The van der Waals surface area contributed by atoms with E-state index in [1.165, 1.54) is 0 Å². The standard InChI is InChI=1S/C54H40N2O4/c57-51-37-11-3-15-41(51)29-43-17-5-13-39(53(43)59)27-35-9-2-10-36-28-40-14-6-18-44(54(40)60)30-42-16-4-12-38(52(42)58)26-34-8-1-7-33(25-37)47(34)45-23-21-31-19-20-32-22-24-46(48(35)36)56-50(32)49(31)55-45/h1-24,57-60H,25-30H2. The van der Waals surface area contributed by atoms with E-state index >= 15 is 0 Å². The van der Waals surface area contributed by atoms with E-state index in [4.69, 9.17) is 9.97 Å². The van der Waals surface area contributed by atoms with Crippen molar-refractivity contribution in [3.05, 3.63) is 212 Å². The van der Waals surface area contributed by atoms with E-state index in [-0.39, 0.29) is 23.0 Å². The number of hydrogen-bond acceptors (Lipinski definition) is 6. The quantitative estimate of drug-likeness (QED) is 0.114. The number of pyridine rings is 2. The molecule has 2 aliphatic rings. The number of benzene rings is 7. The number of phenols is 4. The Morgan fingerprint density at radius 1 is 0.267 bits per heavy atom. The highest BCUT2D eigenvalue weighted by atomic mass is 16.3. The third-order valence-corrected chi connectivity index (χ3v) is 12.6. The highest BCUT2D eigenvalue weighted by molar-refractivity contribution is 6.04. The van der Waals surface area contributed by atoms with Gasteiger partial charge in [0.15, 0.2) is 0 Å². The van der Waals surface area contributed by atoms with Crippen LogP contribution in [0.2, 0.25) is 0 Å². The summed E-state index contributed by atoms with van der Waals surface area (Å²) in [6.07, 6.45) is 2.38. The minimum absolute atomic E-state index is 0.200. The van der Waals surface area contributed by atoms with E-state index < -0.39 is 0 Å². The topological polar surface area (TPSA) is 107 Å². The Bertz CT molecular complexity index is 2860. The van der Waals surface area contributed by atoms with Crippen molar-refractivity contribution in [1.82, 2.24) is 9.97 Å². The molecule has 2 aromatic heterocycles. The first-order chi connectivity index (χ1) is 29.4. The zero-order chi connectivity index (χ0) is 40.5. The maximum absolute atomic E-state index is 11.9. The Hall–Kier alpha value is -7.44. The summed E-state index contributed by atoms with van der Waals surface area (Å²) in [5, 5.41) is 49.7. The number of rotatable bonds is 0. The fourth-order valence-corrected chi connectivity index (χ4v) is 9.55. The molecule has 0 unspecified atom stereocenters. The van der Waals surface area contributed by atoms with Crippen molar-refractivity contribution in [2.45, 2.75) is 38.5 Å². The van der Waals surface area contributed by atoms with Gasteiger partial charge < -0.3 is 20.4 Å². The lowest BCUT2D eigenvalue weighted by atomic mass is 9.87. The molecule has 0 fully saturated rings. The Balaban J connectivity index is 1.27. The fraction of sp³-hybridized carbons (Fsp3) is 0.111. The van der Waals surface area contributed by atoms with Crippen molar-refractivity contribution in [2.24, 2.45) is 0 Å². The van der Waals surface area contributed by atoms with Crippen molar-refractivity contribution in [2.75, 3.05) is 0 Å². The molecule has 0 saturated carbocycles. The summed E-state index contributed by atoms with van der Waals surface area (Å²) in [4.78, 5) is 10.9. The van der Waals surface area contributed by atoms with Gasteiger partial charge in [-0.25, -0.2) is 9.97 Å². The van der Waals surface area contributed by atoms with Gasteiger partial charge in [0, 0.05) is 60.4 Å². The van der Waals surface area contributed by atoms with Crippen LogP contribution in [0, 0.1) is 0 Å². The van der Waals surface area contributed by atoms with E-state index in [1.807, 2.05) is 84.9 Å². The lowest BCUT2D eigenvalue weighted by Crippen LogP contribution is -2.03. The van der Waals surface area contributed by atoms with Crippen LogP contribution in [0.5, 0.6) is 23.0 Å². The molecule has 0 atom stereocenters. The van der Waals surface area contributed by atoms with Gasteiger partial charge in [-0.2, -0.15) is 0 Å². The van der Waals surface area contributed by atoms with Crippen LogP contribution in [0.4, 0.5) is 0 Å². The maximum Gasteiger partial charge on any atom is 0.122 e. The minimum atomic E-state index is 0.200. The first kappa shape index (κ1) is 35.7. The van der Waals surface area contributed by atoms with E-state index in [9.17, 15) is 20.4 Å². The van der Waals surface area contributed by atoms with Crippen LogP contribution >= 0.6 is 0 Å². The zero-order valence-electron chi connectivity index (χ0n) is 32.8. The van der Waals surface area contributed by atoms with E-state index in [0.29, 0.717) is 38.5 Å². The van der Waals surface area contributed by atoms with Gasteiger partial charge in [0.1, 0.15) is 23.0 Å². The molecule has 11 rings (SSSR count). The number of para-hydroxylation sites is 4. The molecular formula is C54H40N2O4. The van der Waals surface area contributed by atoms with Crippen LogP contribution in [0.15, 0.2) is 146 Å². The summed E-state index contributed by atoms with van der Waals surface area (Å²) in [6.45, 7) is 0.